The van der Waals surface area contributed by atoms with Gasteiger partial charge in [0.2, 0.25) is 0 Å². The highest BCUT2D eigenvalue weighted by atomic mass is 35.5. The van der Waals surface area contributed by atoms with Crippen molar-refractivity contribution in [1.82, 2.24) is 9.97 Å². The molecule has 0 radical (unpaired) electrons. The summed E-state index contributed by atoms with van der Waals surface area (Å²) in [5.74, 6) is -5.91. The molecule has 27 heavy (non-hydrogen) atoms. The number of benzene rings is 2. The summed E-state index contributed by atoms with van der Waals surface area (Å²) >= 11 is 5.69. The van der Waals surface area contributed by atoms with E-state index in [2.05, 4.69) is 20.6 Å². The Hall–Kier alpha value is -3.20. The molecule has 2 N–H and O–H groups in total. The third-order valence-electron chi connectivity index (χ3n) is 3.38. The van der Waals surface area contributed by atoms with E-state index < -0.39 is 34.9 Å². The molecule has 138 valence electrons. The number of rotatable bonds is 4. The largest absolute Gasteiger partial charge is 0.340 e. The molecule has 0 aliphatic rings. The average molecular weight is 397 g/mol. The molecule has 1 amide bonds. The monoisotopic (exact) mass is 396 g/mol. The number of anilines is 3. The number of carbonyl (C=O) groups excluding carboxylic acids is 1. The second-order valence-electron chi connectivity index (χ2n) is 5.22. The molecule has 0 saturated heterocycles. The van der Waals surface area contributed by atoms with Gasteiger partial charge in [0.1, 0.15) is 23.7 Å². The normalized spacial score (nSPS) is 10.6. The van der Waals surface area contributed by atoms with E-state index in [4.69, 9.17) is 11.6 Å². The number of nitrogens with zero attached hydrogens (tertiary/aromatic N) is 2. The molecule has 0 atom stereocenters. The Morgan fingerprint density at radius 2 is 1.67 bits per heavy atom. The quantitative estimate of drug-likeness (QED) is 0.496. The van der Waals surface area contributed by atoms with Crippen LogP contribution in [0.5, 0.6) is 0 Å². The van der Waals surface area contributed by atoms with Gasteiger partial charge >= 0.3 is 0 Å². The van der Waals surface area contributed by atoms with Crippen molar-refractivity contribution >= 4 is 34.7 Å². The second kappa shape index (κ2) is 7.58. The number of aromatic nitrogens is 2. The predicted molar refractivity (Wildman–Crippen MR) is 91.0 cm³/mol. The van der Waals surface area contributed by atoms with Gasteiger partial charge in [0.05, 0.1) is 10.7 Å². The first kappa shape index (κ1) is 18.6. The Balaban J connectivity index is 1.79. The summed E-state index contributed by atoms with van der Waals surface area (Å²) in [6.07, 6.45) is 1.06. The number of nitrogens with one attached hydrogen (secondary N) is 2. The van der Waals surface area contributed by atoms with Crippen molar-refractivity contribution in [2.75, 3.05) is 10.6 Å². The number of halogens is 5. The molecule has 1 heterocycles. The summed E-state index contributed by atoms with van der Waals surface area (Å²) < 4.78 is 53.0. The highest BCUT2D eigenvalue weighted by molar-refractivity contribution is 6.31. The lowest BCUT2D eigenvalue weighted by atomic mass is 10.2. The zero-order valence-electron chi connectivity index (χ0n) is 13.2. The maximum absolute atomic E-state index is 13.7. The van der Waals surface area contributed by atoms with Gasteiger partial charge < -0.3 is 10.6 Å². The molecular weight excluding hydrogens is 388 g/mol. The fraction of sp³-hybridized carbons (Fsp3) is 0. The van der Waals surface area contributed by atoms with Gasteiger partial charge in [-0.25, -0.2) is 27.5 Å². The Morgan fingerprint density at radius 3 is 2.41 bits per heavy atom. The molecule has 5 nitrogen and oxygen atoms in total. The Morgan fingerprint density at radius 1 is 0.926 bits per heavy atom. The molecule has 2 aromatic carbocycles. The molecule has 3 rings (SSSR count). The fourth-order valence-electron chi connectivity index (χ4n) is 2.08. The van der Waals surface area contributed by atoms with Gasteiger partial charge in [-0.3, -0.25) is 4.79 Å². The summed E-state index contributed by atoms with van der Waals surface area (Å²) in [4.78, 5) is 19.8. The number of hydrogen-bond acceptors (Lipinski definition) is 4. The van der Waals surface area contributed by atoms with Crippen LogP contribution in [0.15, 0.2) is 42.7 Å². The molecule has 1 aromatic heterocycles. The summed E-state index contributed by atoms with van der Waals surface area (Å²) in [6.45, 7) is 0. The van der Waals surface area contributed by atoms with Gasteiger partial charge in [0.15, 0.2) is 17.5 Å². The van der Waals surface area contributed by atoms with E-state index >= 15 is 0 Å². The lowest BCUT2D eigenvalue weighted by Crippen LogP contribution is -2.16. The minimum atomic E-state index is -1.70. The van der Waals surface area contributed by atoms with Crippen LogP contribution in [0, 0.1) is 23.3 Å². The first-order chi connectivity index (χ1) is 12.8. The average Bonchev–Trinajstić information content (AvgIpc) is 2.65. The van der Waals surface area contributed by atoms with Gasteiger partial charge in [0, 0.05) is 11.8 Å². The van der Waals surface area contributed by atoms with Crippen molar-refractivity contribution in [1.29, 1.82) is 0 Å². The minimum absolute atomic E-state index is 0.110. The van der Waals surface area contributed by atoms with Crippen LogP contribution in [-0.4, -0.2) is 15.9 Å². The van der Waals surface area contributed by atoms with Crippen LogP contribution >= 0.6 is 11.6 Å². The van der Waals surface area contributed by atoms with E-state index in [1.54, 1.807) is 0 Å². The first-order valence-corrected chi connectivity index (χ1v) is 7.72. The van der Waals surface area contributed by atoms with Gasteiger partial charge in [0.25, 0.3) is 5.91 Å². The van der Waals surface area contributed by atoms with Gasteiger partial charge in [-0.1, -0.05) is 11.6 Å². The molecule has 0 bridgehead atoms. The van der Waals surface area contributed by atoms with Crippen LogP contribution in [0.4, 0.5) is 34.8 Å². The zero-order chi connectivity index (χ0) is 19.6. The van der Waals surface area contributed by atoms with Crippen molar-refractivity contribution in [3.05, 3.63) is 76.7 Å². The van der Waals surface area contributed by atoms with Crippen LogP contribution in [0.2, 0.25) is 5.02 Å². The standard InChI is InChI=1S/C17H9ClF4N4O/c18-9-5-8(1-2-10(9)19)25-14-6-13(23-7-24-14)17(27)26-12-4-3-11(20)15(21)16(12)22/h1-7H,(H,26,27)(H,23,24,25). The Kier molecular flexibility index (Phi) is 5.22. The maximum Gasteiger partial charge on any atom is 0.274 e. The van der Waals surface area contributed by atoms with Crippen LogP contribution in [0.1, 0.15) is 10.5 Å². The van der Waals surface area contributed by atoms with E-state index in [9.17, 15) is 22.4 Å². The van der Waals surface area contributed by atoms with E-state index in [1.807, 2.05) is 0 Å². The van der Waals surface area contributed by atoms with Crippen LogP contribution in [0.3, 0.4) is 0 Å². The van der Waals surface area contributed by atoms with Crippen LogP contribution < -0.4 is 10.6 Å². The number of amides is 1. The van der Waals surface area contributed by atoms with Gasteiger partial charge in [-0.15, -0.1) is 0 Å². The van der Waals surface area contributed by atoms with Crippen LogP contribution in [-0.2, 0) is 0 Å². The van der Waals surface area contributed by atoms with Crippen molar-refractivity contribution in [3.8, 4) is 0 Å². The summed E-state index contributed by atoms with van der Waals surface area (Å²) in [5.41, 5.74) is -0.319. The van der Waals surface area contributed by atoms with E-state index in [-0.39, 0.29) is 16.5 Å². The second-order valence-corrected chi connectivity index (χ2v) is 5.63. The lowest BCUT2D eigenvalue weighted by molar-refractivity contribution is 0.102. The third kappa shape index (κ3) is 4.14. The third-order valence-corrected chi connectivity index (χ3v) is 3.66. The van der Waals surface area contributed by atoms with Crippen LogP contribution in [0.25, 0.3) is 0 Å². The molecule has 0 aliphatic heterocycles. The van der Waals surface area contributed by atoms with E-state index in [0.29, 0.717) is 11.8 Å². The molecule has 0 fully saturated rings. The molecule has 0 aliphatic carbocycles. The van der Waals surface area contributed by atoms with E-state index in [0.717, 1.165) is 18.5 Å². The highest BCUT2D eigenvalue weighted by Crippen LogP contribution is 2.23. The smallest absolute Gasteiger partial charge is 0.274 e. The minimum Gasteiger partial charge on any atom is -0.340 e. The van der Waals surface area contributed by atoms with Crippen molar-refractivity contribution in [2.45, 2.75) is 0 Å². The molecule has 3 aromatic rings. The Labute approximate surface area is 155 Å². The van der Waals surface area contributed by atoms with Crippen molar-refractivity contribution in [3.63, 3.8) is 0 Å². The van der Waals surface area contributed by atoms with E-state index in [1.165, 1.54) is 18.2 Å². The van der Waals surface area contributed by atoms with Gasteiger partial charge in [-0.05, 0) is 30.3 Å². The summed E-state index contributed by atoms with van der Waals surface area (Å²) in [6, 6.07) is 6.65. The van der Waals surface area contributed by atoms with Gasteiger partial charge in [-0.2, -0.15) is 0 Å². The molecule has 10 heteroatoms. The number of carbonyl (C=O) groups is 1. The molecular formula is C17H9ClF4N4O. The summed E-state index contributed by atoms with van der Waals surface area (Å²) in [5, 5.41) is 4.78. The van der Waals surface area contributed by atoms with Crippen molar-refractivity contribution < 1.29 is 22.4 Å². The number of hydrogen-bond donors (Lipinski definition) is 2. The fourth-order valence-corrected chi connectivity index (χ4v) is 2.26. The highest BCUT2D eigenvalue weighted by Gasteiger charge is 2.17. The molecule has 0 spiro atoms. The molecule has 0 unspecified atom stereocenters. The maximum atomic E-state index is 13.7. The first-order valence-electron chi connectivity index (χ1n) is 7.34. The summed E-state index contributed by atoms with van der Waals surface area (Å²) in [7, 11) is 0. The van der Waals surface area contributed by atoms with Crippen molar-refractivity contribution in [2.24, 2.45) is 0 Å². The lowest BCUT2D eigenvalue weighted by Gasteiger charge is -2.09. The SMILES string of the molecule is O=C(Nc1ccc(F)c(F)c1F)c1cc(Nc2ccc(F)c(Cl)c2)ncn1. The predicted octanol–water partition coefficient (Wildman–Crippen LogP) is 4.68. The zero-order valence-corrected chi connectivity index (χ0v) is 14.0. The Bertz CT molecular complexity index is 1030. The molecule has 0 saturated carbocycles. The topological polar surface area (TPSA) is 66.9 Å².